The molecule has 0 radical (unpaired) electrons. The van der Waals surface area contributed by atoms with E-state index in [1.165, 1.54) is 36.4 Å². The molecule has 4 N–H and O–H groups in total. The number of fused-ring (bicyclic) bond motifs is 4. The third kappa shape index (κ3) is 22.1. The van der Waals surface area contributed by atoms with E-state index in [-0.39, 0.29) is 47.7 Å². The Kier molecular flexibility index (Phi) is 27.8. The van der Waals surface area contributed by atoms with Crippen molar-refractivity contribution in [2.24, 2.45) is 23.7 Å². The maximum Gasteiger partial charge on any atom is 0.410 e. The highest BCUT2D eigenvalue weighted by molar-refractivity contribution is 5.94. The van der Waals surface area contributed by atoms with Crippen LogP contribution < -0.4 is 0 Å². The van der Waals surface area contributed by atoms with Crippen molar-refractivity contribution in [2.45, 2.75) is 129 Å². The molecule has 0 saturated carbocycles. The first-order valence-corrected chi connectivity index (χ1v) is 44.6. The van der Waals surface area contributed by atoms with Gasteiger partial charge in [-0.2, -0.15) is 40.8 Å². The normalized spacial score (nSPS) is 16.9. The number of rotatable bonds is 20. The van der Waals surface area contributed by atoms with Crippen LogP contribution in [0.1, 0.15) is 111 Å². The van der Waals surface area contributed by atoms with Gasteiger partial charge in [0.1, 0.15) is 24.1 Å². The van der Waals surface area contributed by atoms with Gasteiger partial charge < -0.3 is 24.3 Å². The summed E-state index contributed by atoms with van der Waals surface area (Å²) in [5.41, 5.74) is 16.4. The van der Waals surface area contributed by atoms with Gasteiger partial charge in [-0.3, -0.25) is 53.5 Å². The predicted molar refractivity (Wildman–Crippen MR) is 487 cm³/mol. The fourth-order valence-corrected chi connectivity index (χ4v) is 18.2. The first kappa shape index (κ1) is 86.1. The molecule has 656 valence electrons. The van der Waals surface area contributed by atoms with Crippen LogP contribution in [0.15, 0.2) is 250 Å². The van der Waals surface area contributed by atoms with E-state index in [1.54, 1.807) is 24.3 Å². The Hall–Kier alpha value is -14.1. The average molecular weight is 1720 g/mol. The monoisotopic (exact) mass is 1720 g/mol. The van der Waals surface area contributed by atoms with Gasteiger partial charge in [0.2, 0.25) is 11.8 Å². The van der Waals surface area contributed by atoms with Crippen molar-refractivity contribution in [3.8, 4) is 44.5 Å². The summed E-state index contributed by atoms with van der Waals surface area (Å²) in [5, 5.41) is 50.6. The van der Waals surface area contributed by atoms with E-state index in [0.717, 1.165) is 254 Å². The molecule has 25 nitrogen and oxygen atoms in total. The number of halogens is 3. The molecule has 4 saturated heterocycles. The Labute approximate surface area is 739 Å². The van der Waals surface area contributed by atoms with Gasteiger partial charge in [0.25, 0.3) is 5.91 Å². The number of likely N-dealkylation sites (tertiary alicyclic amines) is 4. The van der Waals surface area contributed by atoms with Crippen LogP contribution >= 0.6 is 0 Å². The fraction of sp³-hybridized carbons (Fsp3) is 0.320. The number of aromatic amines is 4. The highest BCUT2D eigenvalue weighted by Crippen LogP contribution is 2.33. The van der Waals surface area contributed by atoms with E-state index in [2.05, 4.69) is 153 Å². The molecule has 16 aromatic rings. The summed E-state index contributed by atoms with van der Waals surface area (Å²) in [7, 11) is 0. The lowest BCUT2D eigenvalue weighted by Gasteiger charge is -2.21. The largest absolute Gasteiger partial charge is 0.445 e. The zero-order valence-electron chi connectivity index (χ0n) is 71.6. The Morgan fingerprint density at radius 2 is 0.703 bits per heavy atom. The van der Waals surface area contributed by atoms with Crippen LogP contribution in [0.3, 0.4) is 0 Å². The number of H-pyrrole nitrogens is 4. The van der Waals surface area contributed by atoms with Gasteiger partial charge in [0.05, 0.1) is 78.1 Å². The van der Waals surface area contributed by atoms with Gasteiger partial charge in [0, 0.05) is 159 Å². The Morgan fingerprint density at radius 1 is 0.336 bits per heavy atom. The smallest absolute Gasteiger partial charge is 0.410 e. The van der Waals surface area contributed by atoms with Crippen LogP contribution in [0.2, 0.25) is 0 Å². The topological polar surface area (TPSA) is 276 Å². The van der Waals surface area contributed by atoms with Gasteiger partial charge in [-0.15, -0.1) is 0 Å². The Bertz CT molecular complexity index is 6330. The minimum Gasteiger partial charge on any atom is -0.445 e. The fourth-order valence-electron chi connectivity index (χ4n) is 18.2. The first-order chi connectivity index (χ1) is 62.7. The van der Waals surface area contributed by atoms with Crippen molar-refractivity contribution in [3.05, 3.63) is 290 Å². The van der Waals surface area contributed by atoms with Crippen molar-refractivity contribution in [3.63, 3.8) is 0 Å². The number of nitrogens with one attached hydrogen (secondary N) is 4. The van der Waals surface area contributed by atoms with E-state index in [4.69, 9.17) is 4.74 Å². The number of carbonyl (C=O) groups is 4. The molecular weight excluding hydrogens is 1620 g/mol. The summed E-state index contributed by atoms with van der Waals surface area (Å²) in [6, 6.07) is 54.0. The van der Waals surface area contributed by atoms with Crippen molar-refractivity contribution in [2.75, 3.05) is 52.4 Å². The van der Waals surface area contributed by atoms with Gasteiger partial charge in [-0.25, -0.2) is 18.0 Å². The minimum absolute atomic E-state index is 0.0167. The number of aryl methyl sites for hydroxylation is 1. The number of hydrogen-bond acceptors (Lipinski definition) is 13. The number of benzene rings is 8. The maximum absolute atomic E-state index is 13.4. The number of hydrogen-bond donors (Lipinski definition) is 4. The van der Waals surface area contributed by atoms with E-state index < -0.39 is 0 Å². The Morgan fingerprint density at radius 3 is 1.11 bits per heavy atom. The van der Waals surface area contributed by atoms with Crippen molar-refractivity contribution >= 4 is 67.4 Å². The van der Waals surface area contributed by atoms with Crippen LogP contribution in [0.25, 0.3) is 88.1 Å². The molecule has 0 aliphatic carbocycles. The zero-order valence-corrected chi connectivity index (χ0v) is 71.6. The third-order valence-corrected chi connectivity index (χ3v) is 25.3. The lowest BCUT2D eigenvalue weighted by Crippen LogP contribution is -2.33. The SMILES string of the molecule is O=C(CCc1cccc(F)c1)N1CCCC(Cn2ncc3cc(-c4cn[nH]c4)ccc32)CC1.O=C(Cc1cccc(F)c1)N1CCCC(Cn2ncc3cc(-c4cn[nH]c4)ccc32)CC1.O=C(OCc1ccccc1)N1CCCC(Cn2ncc3cc(-c4cn[nH]c4)ccc32)CC1.O=C(c1ccc(F)cc1)N1CCCC(Cn2ncc3cc(-c4cn[nH]c4)ccc32)CC1. The third-order valence-electron chi connectivity index (χ3n) is 25.3. The molecule has 8 aromatic carbocycles. The summed E-state index contributed by atoms with van der Waals surface area (Å²) in [5.74, 6) is 1.26. The number of ether oxygens (including phenoxy) is 1. The lowest BCUT2D eigenvalue weighted by molar-refractivity contribution is -0.131. The molecule has 4 fully saturated rings. The van der Waals surface area contributed by atoms with Crippen molar-refractivity contribution in [1.82, 2.24) is 99.5 Å². The minimum atomic E-state index is -0.323. The van der Waals surface area contributed by atoms with Crippen LogP contribution in [-0.2, 0) is 60.0 Å². The molecule has 128 heavy (non-hydrogen) atoms. The molecule has 4 amide bonds. The quantitative estimate of drug-likeness (QED) is 0.0553. The zero-order chi connectivity index (χ0) is 87.5. The molecule has 4 aliphatic heterocycles. The van der Waals surface area contributed by atoms with Crippen LogP contribution in [0, 0.1) is 41.1 Å². The highest BCUT2D eigenvalue weighted by atomic mass is 19.1. The second kappa shape index (κ2) is 41.4. The van der Waals surface area contributed by atoms with Gasteiger partial charge >= 0.3 is 6.09 Å². The highest BCUT2D eigenvalue weighted by Gasteiger charge is 2.28. The summed E-state index contributed by atoms with van der Waals surface area (Å²) in [6.45, 7) is 9.73. The molecule has 4 atom stereocenters. The average Bonchev–Trinajstić information content (AvgIpc) is 1.69. The summed E-state index contributed by atoms with van der Waals surface area (Å²) in [4.78, 5) is 58.4. The molecule has 28 heteroatoms. The molecule has 12 heterocycles. The maximum atomic E-state index is 13.4. The van der Waals surface area contributed by atoms with Crippen LogP contribution in [-0.4, -0.2) is 176 Å². The number of carbonyl (C=O) groups excluding carboxylic acids is 4. The molecular formula is C100H105F3N20O5. The predicted octanol–water partition coefficient (Wildman–Crippen LogP) is 18.6. The van der Waals surface area contributed by atoms with Gasteiger partial charge in [-0.05, 0) is 243 Å². The molecule has 4 unspecified atom stereocenters. The molecule has 0 spiro atoms. The van der Waals surface area contributed by atoms with Crippen molar-refractivity contribution < 1.29 is 37.1 Å². The molecule has 8 aromatic heterocycles. The number of amides is 4. The Balaban J connectivity index is 0.000000120. The summed E-state index contributed by atoms with van der Waals surface area (Å²) < 4.78 is 53.8. The standard InChI is InChI=1S/C26H28FN5O.C25H26FN5O.C25H27N5O2.C24H24FN5O/c27-24-5-1-3-19(13-24)6-9-26(33)31-11-2-4-20(10-12-31)18-32-25-8-7-21(14-22(25)17-30-32)23-15-28-29-16-23;26-23-5-1-3-19(11-23)12-25(32)30-9-2-4-18(8-10-30)17-31-24-7-6-20(13-21(24)16-29-31)22-14-27-28-15-22;31-25(32-18-20-5-2-1-3-6-20)29-11-4-7-19(10-12-29)17-30-24-9-8-21(13-22(24)16-28-30)23-14-26-27-15-23;25-22-6-3-18(4-7-22)24(31)29-10-1-2-17(9-11-29)16-30-23-8-5-19(12-20(23)15-28-30)21-13-26-27-14-21/h1,3,5,7-8,13-17,20H,2,4,6,9-12,18H2,(H,28,29);1,3,5-7,11,13-16,18H,2,4,8-10,12,17H2,(H,27,28);1-3,5-6,8-9,13-16,19H,4,7,10-12,17-18H2,(H,26,27);3-8,12-15,17H,1-2,9-11,16H2,(H,26,27). The summed E-state index contributed by atoms with van der Waals surface area (Å²) in [6.07, 6.45) is 35.6. The lowest BCUT2D eigenvalue weighted by atomic mass is 10.0. The van der Waals surface area contributed by atoms with E-state index in [9.17, 15) is 32.3 Å². The number of aromatic nitrogens is 16. The second-order valence-electron chi connectivity index (χ2n) is 34.1. The molecule has 20 rings (SSSR count). The molecule has 0 bridgehead atoms. The molecule has 4 aliphatic rings. The number of nitrogens with zero attached hydrogens (tertiary/aromatic N) is 16. The van der Waals surface area contributed by atoms with E-state index in [1.807, 2.05) is 136 Å². The van der Waals surface area contributed by atoms with Crippen LogP contribution in [0.4, 0.5) is 18.0 Å². The van der Waals surface area contributed by atoms with Gasteiger partial charge in [0.15, 0.2) is 0 Å². The van der Waals surface area contributed by atoms with E-state index in [0.29, 0.717) is 55.2 Å². The van der Waals surface area contributed by atoms with Gasteiger partial charge in [-0.1, -0.05) is 78.9 Å². The second-order valence-corrected chi connectivity index (χ2v) is 34.1. The van der Waals surface area contributed by atoms with E-state index >= 15 is 0 Å². The van der Waals surface area contributed by atoms with Crippen LogP contribution in [0.5, 0.6) is 0 Å². The first-order valence-electron chi connectivity index (χ1n) is 44.6. The van der Waals surface area contributed by atoms with Crippen molar-refractivity contribution in [1.29, 1.82) is 0 Å². The summed E-state index contributed by atoms with van der Waals surface area (Å²) >= 11 is 0.